The summed E-state index contributed by atoms with van der Waals surface area (Å²) in [7, 11) is 0. The zero-order chi connectivity index (χ0) is 16.6. The van der Waals surface area contributed by atoms with E-state index in [1.165, 1.54) is 9.80 Å². The Morgan fingerprint density at radius 2 is 1.74 bits per heavy atom. The summed E-state index contributed by atoms with van der Waals surface area (Å²) >= 11 is 0. The molecule has 0 aromatic rings. The fraction of sp³-hybridized carbons (Fsp3) is 0.786. The van der Waals surface area contributed by atoms with Crippen LogP contribution >= 0.6 is 0 Å². The molecule has 23 heavy (non-hydrogen) atoms. The second-order valence-electron chi connectivity index (χ2n) is 6.35. The fourth-order valence-corrected chi connectivity index (χ4v) is 3.77. The summed E-state index contributed by atoms with van der Waals surface area (Å²) in [6.07, 6.45) is -1.23. The van der Waals surface area contributed by atoms with Crippen LogP contribution in [0.3, 0.4) is 0 Å². The van der Waals surface area contributed by atoms with Crippen LogP contribution in [0, 0.1) is 0 Å². The monoisotopic (exact) mass is 327 g/mol. The first kappa shape index (κ1) is 16.0. The molecule has 0 aromatic carbocycles. The number of hydrogen-bond donors (Lipinski definition) is 2. The Labute approximate surface area is 133 Å². The molecule has 3 rings (SSSR count). The minimum Gasteiger partial charge on any atom is -0.465 e. The molecule has 3 fully saturated rings. The molecule has 3 aliphatic heterocycles. The number of amides is 2. The highest BCUT2D eigenvalue weighted by atomic mass is 16.5. The normalized spacial score (nSPS) is 32.0. The van der Waals surface area contributed by atoms with Gasteiger partial charge in [-0.1, -0.05) is 0 Å². The molecule has 3 atom stereocenters. The SMILES string of the molecule is O=C1CC2COCC(C1)N2C[C@H]1CN(C(=O)O)CCN1C(=O)O. The van der Waals surface area contributed by atoms with Gasteiger partial charge in [-0.25, -0.2) is 9.59 Å². The Kier molecular flexibility index (Phi) is 4.40. The highest BCUT2D eigenvalue weighted by molar-refractivity contribution is 5.80. The molecule has 2 amide bonds. The molecule has 9 heteroatoms. The zero-order valence-electron chi connectivity index (χ0n) is 12.8. The Bertz CT molecular complexity index is 497. The molecule has 128 valence electrons. The van der Waals surface area contributed by atoms with Gasteiger partial charge in [0.2, 0.25) is 0 Å². The Hall–Kier alpha value is -1.87. The third kappa shape index (κ3) is 3.25. The van der Waals surface area contributed by atoms with Crippen LogP contribution < -0.4 is 0 Å². The van der Waals surface area contributed by atoms with Crippen LogP contribution in [-0.2, 0) is 9.53 Å². The summed E-state index contributed by atoms with van der Waals surface area (Å²) in [5.74, 6) is 0.213. The van der Waals surface area contributed by atoms with Gasteiger partial charge < -0.3 is 24.7 Å². The van der Waals surface area contributed by atoms with E-state index in [2.05, 4.69) is 4.90 Å². The summed E-state index contributed by atoms with van der Waals surface area (Å²) in [6.45, 7) is 1.88. The van der Waals surface area contributed by atoms with Gasteiger partial charge >= 0.3 is 12.2 Å². The van der Waals surface area contributed by atoms with E-state index in [0.717, 1.165) is 0 Å². The molecule has 2 N–H and O–H groups in total. The van der Waals surface area contributed by atoms with Crippen molar-refractivity contribution in [1.29, 1.82) is 0 Å². The largest absolute Gasteiger partial charge is 0.465 e. The van der Waals surface area contributed by atoms with Crippen LogP contribution in [0.1, 0.15) is 12.8 Å². The van der Waals surface area contributed by atoms with E-state index in [9.17, 15) is 19.5 Å². The van der Waals surface area contributed by atoms with Crippen LogP contribution in [0.4, 0.5) is 9.59 Å². The predicted octanol–water partition coefficient (Wildman–Crippen LogP) is -0.239. The first-order valence-electron chi connectivity index (χ1n) is 7.78. The smallest absolute Gasteiger partial charge is 0.407 e. The number of piperidine rings is 1. The molecule has 0 spiro atoms. The Morgan fingerprint density at radius 1 is 1.09 bits per heavy atom. The summed E-state index contributed by atoms with van der Waals surface area (Å²) < 4.78 is 5.51. The number of rotatable bonds is 2. The van der Waals surface area contributed by atoms with Gasteiger partial charge in [0.25, 0.3) is 0 Å². The van der Waals surface area contributed by atoms with E-state index in [1.54, 1.807) is 0 Å². The number of ketones is 1. The lowest BCUT2D eigenvalue weighted by Gasteiger charge is -2.48. The van der Waals surface area contributed by atoms with Gasteiger partial charge in [-0.3, -0.25) is 9.69 Å². The number of morpholine rings is 1. The van der Waals surface area contributed by atoms with Crippen molar-refractivity contribution in [2.45, 2.75) is 31.0 Å². The highest BCUT2D eigenvalue weighted by Crippen LogP contribution is 2.27. The molecule has 3 saturated heterocycles. The quantitative estimate of drug-likeness (QED) is 0.720. The lowest BCUT2D eigenvalue weighted by atomic mass is 9.92. The van der Waals surface area contributed by atoms with Crippen LogP contribution in [0.15, 0.2) is 0 Å². The number of fused-ring (bicyclic) bond motifs is 2. The molecule has 0 radical (unpaired) electrons. The minimum absolute atomic E-state index is 0.0363. The van der Waals surface area contributed by atoms with Crippen molar-refractivity contribution in [3.63, 3.8) is 0 Å². The number of hydrogen-bond acceptors (Lipinski definition) is 5. The number of ether oxygens (including phenoxy) is 1. The fourth-order valence-electron chi connectivity index (χ4n) is 3.77. The highest BCUT2D eigenvalue weighted by Gasteiger charge is 2.42. The number of carboxylic acid groups (broad SMARTS) is 2. The van der Waals surface area contributed by atoms with E-state index in [4.69, 9.17) is 9.84 Å². The Balaban J connectivity index is 1.73. The molecule has 3 heterocycles. The lowest BCUT2D eigenvalue weighted by molar-refractivity contribution is -0.137. The zero-order valence-corrected chi connectivity index (χ0v) is 12.8. The Morgan fingerprint density at radius 3 is 2.30 bits per heavy atom. The van der Waals surface area contributed by atoms with E-state index >= 15 is 0 Å². The molecule has 2 bridgehead atoms. The number of Topliss-reactive ketones (excluding diaryl/α,β-unsaturated/α-hetero) is 1. The average molecular weight is 327 g/mol. The second-order valence-corrected chi connectivity index (χ2v) is 6.35. The maximum Gasteiger partial charge on any atom is 0.407 e. The van der Waals surface area contributed by atoms with Crippen molar-refractivity contribution in [3.05, 3.63) is 0 Å². The molecular weight excluding hydrogens is 306 g/mol. The van der Waals surface area contributed by atoms with E-state index in [-0.39, 0.29) is 37.5 Å². The molecule has 0 saturated carbocycles. The first-order valence-corrected chi connectivity index (χ1v) is 7.78. The summed E-state index contributed by atoms with van der Waals surface area (Å²) in [4.78, 5) is 39.1. The average Bonchev–Trinajstić information content (AvgIpc) is 2.47. The molecule has 3 aliphatic rings. The van der Waals surface area contributed by atoms with Crippen molar-refractivity contribution < 1.29 is 29.3 Å². The van der Waals surface area contributed by atoms with Gasteiger partial charge in [-0.15, -0.1) is 0 Å². The number of carbonyl (C=O) groups excluding carboxylic acids is 1. The van der Waals surface area contributed by atoms with Crippen molar-refractivity contribution in [2.24, 2.45) is 0 Å². The van der Waals surface area contributed by atoms with E-state index < -0.39 is 18.2 Å². The van der Waals surface area contributed by atoms with Gasteiger partial charge in [-0.05, 0) is 0 Å². The first-order chi connectivity index (χ1) is 11.0. The topological polar surface area (TPSA) is 111 Å². The maximum absolute atomic E-state index is 11.8. The van der Waals surface area contributed by atoms with E-state index in [1.807, 2.05) is 0 Å². The molecule has 9 nitrogen and oxygen atoms in total. The predicted molar refractivity (Wildman–Crippen MR) is 77.5 cm³/mol. The summed E-state index contributed by atoms with van der Waals surface area (Å²) in [6, 6.07) is -0.495. The standard InChI is InChI=1S/C14H21N3O6/c18-12-3-9-7-23-8-10(4-12)17(9)6-11-5-15(13(19)20)1-2-16(11)14(21)22/h9-11H,1-8H2,(H,19,20)(H,21,22)/t9?,10?,11-/m1/s1. The summed E-state index contributed by atoms with van der Waals surface area (Å²) in [5.41, 5.74) is 0. The molecule has 0 aromatic heterocycles. The van der Waals surface area contributed by atoms with Gasteiger partial charge in [0.15, 0.2) is 0 Å². The van der Waals surface area contributed by atoms with Crippen molar-refractivity contribution in [1.82, 2.24) is 14.7 Å². The number of nitrogens with zero attached hydrogens (tertiary/aromatic N) is 3. The third-order valence-electron chi connectivity index (χ3n) is 4.91. The maximum atomic E-state index is 11.8. The van der Waals surface area contributed by atoms with Gasteiger partial charge in [-0.2, -0.15) is 0 Å². The number of carbonyl (C=O) groups is 3. The van der Waals surface area contributed by atoms with Crippen LogP contribution in [-0.4, -0.2) is 100 Å². The van der Waals surface area contributed by atoms with E-state index in [0.29, 0.717) is 32.6 Å². The van der Waals surface area contributed by atoms with Crippen LogP contribution in [0.2, 0.25) is 0 Å². The van der Waals surface area contributed by atoms with Gasteiger partial charge in [0.1, 0.15) is 5.78 Å². The second kappa shape index (κ2) is 6.32. The number of piperazine rings is 1. The van der Waals surface area contributed by atoms with Crippen molar-refractivity contribution >= 4 is 18.0 Å². The molecular formula is C14H21N3O6. The van der Waals surface area contributed by atoms with Crippen molar-refractivity contribution in [2.75, 3.05) is 39.4 Å². The van der Waals surface area contributed by atoms with Gasteiger partial charge in [0.05, 0.1) is 19.3 Å². The van der Waals surface area contributed by atoms with Crippen LogP contribution in [0.25, 0.3) is 0 Å². The lowest BCUT2D eigenvalue weighted by Crippen LogP contribution is -2.64. The molecule has 2 unspecified atom stereocenters. The third-order valence-corrected chi connectivity index (χ3v) is 4.91. The minimum atomic E-state index is -1.03. The molecule has 0 aliphatic carbocycles. The van der Waals surface area contributed by atoms with Gasteiger partial charge in [0, 0.05) is 51.1 Å². The van der Waals surface area contributed by atoms with Crippen molar-refractivity contribution in [3.8, 4) is 0 Å². The van der Waals surface area contributed by atoms with Crippen LogP contribution in [0.5, 0.6) is 0 Å². The summed E-state index contributed by atoms with van der Waals surface area (Å²) in [5, 5.41) is 18.5.